The molecule has 3 aromatic heterocycles. The summed E-state index contributed by atoms with van der Waals surface area (Å²) in [4.78, 5) is 13.8. The topological polar surface area (TPSA) is 101 Å². The van der Waals surface area contributed by atoms with Gasteiger partial charge >= 0.3 is 0 Å². The Morgan fingerprint density at radius 3 is 3.04 bits per heavy atom. The summed E-state index contributed by atoms with van der Waals surface area (Å²) in [6.07, 6.45) is 9.41. The molecule has 8 nitrogen and oxygen atoms in total. The minimum absolute atomic E-state index is 0.0527. The molecule has 4 heterocycles. The van der Waals surface area contributed by atoms with E-state index in [1.165, 1.54) is 12.8 Å². The lowest BCUT2D eigenvalue weighted by atomic mass is 9.83. The number of fused-ring (bicyclic) bond motifs is 1. The molecular weight excluding hydrogens is 342 g/mol. The van der Waals surface area contributed by atoms with Gasteiger partial charge in [-0.3, -0.25) is 9.67 Å². The highest BCUT2D eigenvalue weighted by Crippen LogP contribution is 2.29. The zero-order valence-corrected chi connectivity index (χ0v) is 15.5. The summed E-state index contributed by atoms with van der Waals surface area (Å²) in [5.74, 6) is 0.748. The summed E-state index contributed by atoms with van der Waals surface area (Å²) >= 11 is 0. The van der Waals surface area contributed by atoms with Crippen LogP contribution in [0, 0.1) is 5.41 Å². The zero-order chi connectivity index (χ0) is 18.7. The van der Waals surface area contributed by atoms with Crippen molar-refractivity contribution in [2.24, 2.45) is 5.41 Å². The molecule has 8 heteroatoms. The second-order valence-electron chi connectivity index (χ2n) is 7.44. The number of piperidine rings is 1. The van der Waals surface area contributed by atoms with Gasteiger partial charge in [-0.1, -0.05) is 6.92 Å². The summed E-state index contributed by atoms with van der Waals surface area (Å²) in [6.45, 7) is 5.72. The average molecular weight is 367 g/mol. The highest BCUT2D eigenvalue weighted by Gasteiger charge is 2.27. The van der Waals surface area contributed by atoms with Gasteiger partial charge in [0.05, 0.1) is 30.6 Å². The van der Waals surface area contributed by atoms with Crippen LogP contribution in [0.2, 0.25) is 0 Å². The van der Waals surface area contributed by atoms with Gasteiger partial charge in [0.1, 0.15) is 5.52 Å². The molecule has 27 heavy (non-hydrogen) atoms. The number of nitrogens with one attached hydrogen (secondary N) is 2. The molecule has 0 amide bonds. The normalized spacial score (nSPS) is 20.1. The summed E-state index contributed by atoms with van der Waals surface area (Å²) in [6, 6.07) is 1.93. The zero-order valence-electron chi connectivity index (χ0n) is 15.5. The van der Waals surface area contributed by atoms with E-state index in [-0.39, 0.29) is 12.0 Å². The van der Waals surface area contributed by atoms with Gasteiger partial charge in [-0.2, -0.15) is 5.10 Å². The monoisotopic (exact) mass is 367 g/mol. The van der Waals surface area contributed by atoms with Crippen LogP contribution in [0.3, 0.4) is 0 Å². The molecule has 0 aliphatic carbocycles. The first-order chi connectivity index (χ1) is 13.2. The number of nitrogens with zero attached hydrogens (tertiary/aromatic N) is 5. The number of aromatic nitrogens is 5. The maximum absolute atomic E-state index is 9.09. The number of rotatable bonds is 6. The Bertz CT molecular complexity index is 917. The summed E-state index contributed by atoms with van der Waals surface area (Å²) in [5.41, 5.74) is 3.45. The van der Waals surface area contributed by atoms with Crippen LogP contribution in [0.5, 0.6) is 0 Å². The highest BCUT2D eigenvalue weighted by atomic mass is 16.3. The van der Waals surface area contributed by atoms with Crippen LogP contribution in [0.15, 0.2) is 30.9 Å². The average Bonchev–Trinajstić information content (AvgIpc) is 3.16. The summed E-state index contributed by atoms with van der Waals surface area (Å²) < 4.78 is 1.71. The van der Waals surface area contributed by atoms with E-state index >= 15 is 0 Å². The second kappa shape index (κ2) is 7.58. The molecule has 3 aromatic rings. The molecular formula is C19H25N7O. The second-order valence-corrected chi connectivity index (χ2v) is 7.44. The quantitative estimate of drug-likeness (QED) is 0.609. The number of hydrogen-bond acceptors (Lipinski definition) is 7. The highest BCUT2D eigenvalue weighted by molar-refractivity contribution is 5.88. The Labute approximate surface area is 158 Å². The molecule has 1 aliphatic rings. The van der Waals surface area contributed by atoms with Gasteiger partial charge in [0.15, 0.2) is 5.82 Å². The molecule has 1 fully saturated rings. The molecule has 4 rings (SSSR count). The van der Waals surface area contributed by atoms with Crippen LogP contribution in [-0.4, -0.2) is 56.1 Å². The van der Waals surface area contributed by atoms with Crippen LogP contribution in [0.1, 0.15) is 19.8 Å². The van der Waals surface area contributed by atoms with Crippen molar-refractivity contribution in [2.75, 3.05) is 31.6 Å². The summed E-state index contributed by atoms with van der Waals surface area (Å²) in [7, 11) is 0. The minimum Gasteiger partial charge on any atom is -0.394 e. The first-order valence-electron chi connectivity index (χ1n) is 9.37. The predicted molar refractivity (Wildman–Crippen MR) is 104 cm³/mol. The van der Waals surface area contributed by atoms with Crippen LogP contribution in [0.25, 0.3) is 22.3 Å². The van der Waals surface area contributed by atoms with E-state index in [1.54, 1.807) is 23.3 Å². The SMILES string of the molecule is C[C@@]1(CNc2nc(-c3cnn(CCO)c3)cc3nccnc23)CCCNC1. The Morgan fingerprint density at radius 1 is 1.33 bits per heavy atom. The van der Waals surface area contributed by atoms with Crippen molar-refractivity contribution in [1.82, 2.24) is 30.0 Å². The van der Waals surface area contributed by atoms with Crippen molar-refractivity contribution < 1.29 is 5.11 Å². The number of aliphatic hydroxyl groups excluding tert-OH is 1. The molecule has 1 saturated heterocycles. The van der Waals surface area contributed by atoms with Gasteiger partial charge in [0.25, 0.3) is 0 Å². The van der Waals surface area contributed by atoms with Crippen molar-refractivity contribution >= 4 is 16.9 Å². The third-order valence-corrected chi connectivity index (χ3v) is 5.08. The fourth-order valence-corrected chi connectivity index (χ4v) is 3.53. The van der Waals surface area contributed by atoms with Crippen molar-refractivity contribution in [1.29, 1.82) is 0 Å². The standard InChI is InChI=1S/C19H25N7O/c1-19(3-2-4-20-12-19)13-23-18-17-16(21-5-6-22-17)9-15(25-18)14-10-24-26(11-14)7-8-27/h5-6,9-11,20,27H,2-4,7-8,12-13H2,1H3,(H,23,25)/t19-/m1/s1. The largest absolute Gasteiger partial charge is 0.394 e. The van der Waals surface area contributed by atoms with Crippen LogP contribution in [-0.2, 0) is 6.54 Å². The van der Waals surface area contributed by atoms with E-state index in [0.29, 0.717) is 6.54 Å². The lowest BCUT2D eigenvalue weighted by molar-refractivity contribution is 0.253. The van der Waals surface area contributed by atoms with E-state index in [2.05, 4.69) is 32.6 Å². The van der Waals surface area contributed by atoms with E-state index in [1.807, 2.05) is 12.3 Å². The Morgan fingerprint density at radius 2 is 2.22 bits per heavy atom. The van der Waals surface area contributed by atoms with Crippen LogP contribution < -0.4 is 10.6 Å². The Hall–Kier alpha value is -2.58. The molecule has 0 spiro atoms. The molecule has 0 radical (unpaired) electrons. The third kappa shape index (κ3) is 3.91. The van der Waals surface area contributed by atoms with Crippen molar-refractivity contribution in [3.63, 3.8) is 0 Å². The third-order valence-electron chi connectivity index (χ3n) is 5.08. The molecule has 0 saturated carbocycles. The van der Waals surface area contributed by atoms with E-state index in [9.17, 15) is 0 Å². The van der Waals surface area contributed by atoms with Gasteiger partial charge in [-0.15, -0.1) is 0 Å². The number of anilines is 1. The lowest BCUT2D eigenvalue weighted by Gasteiger charge is -2.34. The fraction of sp³-hybridized carbons (Fsp3) is 0.474. The van der Waals surface area contributed by atoms with Crippen molar-refractivity contribution in [2.45, 2.75) is 26.3 Å². The molecule has 142 valence electrons. The lowest BCUT2D eigenvalue weighted by Crippen LogP contribution is -2.42. The number of hydrogen-bond donors (Lipinski definition) is 3. The van der Waals surface area contributed by atoms with Crippen molar-refractivity contribution in [3.8, 4) is 11.3 Å². The van der Waals surface area contributed by atoms with Gasteiger partial charge in [0, 0.05) is 37.2 Å². The van der Waals surface area contributed by atoms with E-state index in [0.717, 1.165) is 47.7 Å². The van der Waals surface area contributed by atoms with Crippen molar-refractivity contribution in [3.05, 3.63) is 30.9 Å². The van der Waals surface area contributed by atoms with E-state index in [4.69, 9.17) is 10.1 Å². The van der Waals surface area contributed by atoms with Gasteiger partial charge < -0.3 is 15.7 Å². The maximum Gasteiger partial charge on any atom is 0.154 e. The maximum atomic E-state index is 9.09. The molecule has 1 atom stereocenters. The first-order valence-corrected chi connectivity index (χ1v) is 9.37. The number of pyridine rings is 1. The molecule has 1 aliphatic heterocycles. The molecule has 0 unspecified atom stereocenters. The van der Waals surface area contributed by atoms with Crippen LogP contribution >= 0.6 is 0 Å². The summed E-state index contributed by atoms with van der Waals surface area (Å²) in [5, 5.41) is 20.4. The Kier molecular flexibility index (Phi) is 5.00. The smallest absolute Gasteiger partial charge is 0.154 e. The van der Waals surface area contributed by atoms with Gasteiger partial charge in [-0.05, 0) is 30.9 Å². The van der Waals surface area contributed by atoms with Gasteiger partial charge in [0.2, 0.25) is 0 Å². The molecule has 3 N–H and O–H groups in total. The fourth-order valence-electron chi connectivity index (χ4n) is 3.53. The first kappa shape index (κ1) is 17.8. The Balaban J connectivity index is 1.65. The van der Waals surface area contributed by atoms with Gasteiger partial charge in [-0.25, -0.2) is 9.97 Å². The number of aliphatic hydroxyl groups is 1. The minimum atomic E-state index is 0.0527. The van der Waals surface area contributed by atoms with Crippen LogP contribution in [0.4, 0.5) is 5.82 Å². The molecule has 0 aromatic carbocycles. The van der Waals surface area contributed by atoms with E-state index < -0.39 is 0 Å². The molecule has 0 bridgehead atoms. The predicted octanol–water partition coefficient (Wildman–Crippen LogP) is 1.68.